The van der Waals surface area contributed by atoms with Crippen molar-refractivity contribution in [3.05, 3.63) is 30.1 Å². The third-order valence-corrected chi connectivity index (χ3v) is 4.61. The van der Waals surface area contributed by atoms with Gasteiger partial charge in [0.05, 0.1) is 24.0 Å². The maximum absolute atomic E-state index is 5.87. The molecule has 0 saturated heterocycles. The van der Waals surface area contributed by atoms with Gasteiger partial charge in [-0.05, 0) is 36.5 Å². The lowest BCUT2D eigenvalue weighted by molar-refractivity contribution is 0.0923. The second-order valence-electron chi connectivity index (χ2n) is 5.50. The van der Waals surface area contributed by atoms with Crippen molar-refractivity contribution in [1.29, 1.82) is 0 Å². The molecule has 0 amide bonds. The third-order valence-electron chi connectivity index (χ3n) is 2.91. The monoisotopic (exact) mass is 300 g/mol. The van der Waals surface area contributed by atoms with Crippen molar-refractivity contribution in [2.45, 2.75) is 12.6 Å². The highest BCUT2D eigenvalue weighted by molar-refractivity contribution is 8.32. The van der Waals surface area contributed by atoms with Crippen molar-refractivity contribution >= 4 is 32.7 Å². The highest BCUT2D eigenvalue weighted by atomic mass is 35.5. The molecular formula is C14H21ClN2OS. The summed E-state index contributed by atoms with van der Waals surface area (Å²) >= 11 is 5.87. The van der Waals surface area contributed by atoms with Crippen LogP contribution in [0.1, 0.15) is 5.56 Å². The molecular weight excluding hydrogens is 280 g/mol. The van der Waals surface area contributed by atoms with Gasteiger partial charge in [-0.2, -0.15) is 0 Å². The third kappa shape index (κ3) is 4.13. The average Bonchev–Trinajstić information content (AvgIpc) is 2.76. The fourth-order valence-electron chi connectivity index (χ4n) is 1.76. The van der Waals surface area contributed by atoms with Crippen molar-refractivity contribution in [3.63, 3.8) is 0 Å². The zero-order valence-electron chi connectivity index (χ0n) is 11.7. The van der Waals surface area contributed by atoms with Crippen LogP contribution in [-0.4, -0.2) is 40.7 Å². The Morgan fingerprint density at radius 3 is 2.79 bits per heavy atom. The molecule has 1 aromatic heterocycles. The van der Waals surface area contributed by atoms with Crippen LogP contribution in [0, 0.1) is 0 Å². The highest BCUT2D eigenvalue weighted by Crippen LogP contribution is 2.33. The summed E-state index contributed by atoms with van der Waals surface area (Å²) in [5, 5.41) is 0. The Labute approximate surface area is 121 Å². The lowest BCUT2D eigenvalue weighted by Gasteiger charge is -2.24. The van der Waals surface area contributed by atoms with Gasteiger partial charge < -0.3 is 9.30 Å². The molecule has 0 unspecified atom stereocenters. The van der Waals surface area contributed by atoms with E-state index in [0.717, 1.165) is 29.0 Å². The minimum absolute atomic E-state index is 0.486. The number of benzene rings is 1. The number of alkyl halides is 1. The van der Waals surface area contributed by atoms with Gasteiger partial charge in [0.15, 0.2) is 0 Å². The first-order valence-corrected chi connectivity index (χ1v) is 9.79. The van der Waals surface area contributed by atoms with E-state index in [9.17, 15) is 0 Å². The first kappa shape index (κ1) is 14.7. The van der Waals surface area contributed by atoms with Crippen LogP contribution in [0.3, 0.4) is 0 Å². The number of halogens is 1. The lowest BCUT2D eigenvalue weighted by atomic mass is 10.2. The van der Waals surface area contributed by atoms with Gasteiger partial charge in [0.2, 0.25) is 0 Å². The van der Waals surface area contributed by atoms with Gasteiger partial charge in [-0.25, -0.2) is 15.0 Å². The van der Waals surface area contributed by atoms with Gasteiger partial charge in [-0.15, -0.1) is 11.6 Å². The van der Waals surface area contributed by atoms with E-state index in [2.05, 4.69) is 29.8 Å². The summed E-state index contributed by atoms with van der Waals surface area (Å²) in [6.45, 7) is 1.35. The number of nitrogens with zero attached hydrogens (tertiary/aromatic N) is 2. The molecule has 3 nitrogen and oxygen atoms in total. The molecule has 0 fully saturated rings. The number of hydrogen-bond donors (Lipinski definition) is 0. The van der Waals surface area contributed by atoms with Gasteiger partial charge in [0.25, 0.3) is 0 Å². The summed E-state index contributed by atoms with van der Waals surface area (Å²) in [6.07, 6.45) is 8.73. The molecule has 2 rings (SSSR count). The Hall–Kier alpha value is -0.710. The maximum Gasteiger partial charge on any atom is 0.124 e. The fourth-order valence-corrected chi connectivity index (χ4v) is 2.54. The summed E-state index contributed by atoms with van der Waals surface area (Å²) in [6, 6.07) is 6.09. The van der Waals surface area contributed by atoms with E-state index in [4.69, 9.17) is 16.3 Å². The van der Waals surface area contributed by atoms with Crippen molar-refractivity contribution in [3.8, 4) is 0 Å². The van der Waals surface area contributed by atoms with Crippen LogP contribution < -0.4 is 0 Å². The highest BCUT2D eigenvalue weighted by Gasteiger charge is 2.06. The van der Waals surface area contributed by atoms with Gasteiger partial charge >= 0.3 is 0 Å². The molecule has 0 radical (unpaired) electrons. The molecule has 19 heavy (non-hydrogen) atoms. The van der Waals surface area contributed by atoms with E-state index in [1.54, 1.807) is 0 Å². The Morgan fingerprint density at radius 2 is 2.11 bits per heavy atom. The second-order valence-corrected chi connectivity index (χ2v) is 10.4. The molecule has 0 saturated carbocycles. The smallest absolute Gasteiger partial charge is 0.124 e. The summed E-state index contributed by atoms with van der Waals surface area (Å²) in [4.78, 5) is 4.37. The van der Waals surface area contributed by atoms with E-state index < -0.39 is 10.0 Å². The van der Waals surface area contributed by atoms with Crippen LogP contribution >= 0.6 is 21.6 Å². The zero-order chi connectivity index (χ0) is 13.9. The minimum atomic E-state index is -0.486. The Kier molecular flexibility index (Phi) is 4.76. The number of ether oxygens (including phenoxy) is 1. The first-order valence-electron chi connectivity index (χ1n) is 6.23. The second kappa shape index (κ2) is 6.16. The molecule has 0 N–H and O–H groups in total. The fraction of sp³-hybridized carbons (Fsp3) is 0.500. The van der Waals surface area contributed by atoms with Crippen molar-refractivity contribution in [2.75, 3.05) is 31.1 Å². The summed E-state index contributed by atoms with van der Waals surface area (Å²) in [5.74, 6) is 1.65. The van der Waals surface area contributed by atoms with Gasteiger partial charge in [0, 0.05) is 11.6 Å². The molecule has 1 heterocycles. The topological polar surface area (TPSA) is 27.1 Å². The lowest BCUT2D eigenvalue weighted by Crippen LogP contribution is -2.09. The maximum atomic E-state index is 5.87. The quantitative estimate of drug-likeness (QED) is 0.603. The van der Waals surface area contributed by atoms with E-state index in [1.165, 1.54) is 0 Å². The average molecular weight is 301 g/mol. The molecule has 5 heteroatoms. The predicted octanol–water partition coefficient (Wildman–Crippen LogP) is 3.44. The number of rotatable bonds is 6. The first-order chi connectivity index (χ1) is 8.99. The van der Waals surface area contributed by atoms with Crippen LogP contribution in [0.4, 0.5) is 0 Å². The van der Waals surface area contributed by atoms with Crippen molar-refractivity contribution < 1.29 is 4.74 Å². The summed E-state index contributed by atoms with van der Waals surface area (Å²) < 4.78 is 7.78. The molecule has 0 spiro atoms. The van der Waals surface area contributed by atoms with Crippen molar-refractivity contribution in [1.82, 2.24) is 9.55 Å². The Bertz CT molecular complexity index is 548. The normalized spacial score (nSPS) is 13.1. The molecule has 0 bridgehead atoms. The Morgan fingerprint density at radius 1 is 1.32 bits per heavy atom. The molecule has 0 atom stereocenters. The Balaban J connectivity index is 2.00. The predicted molar refractivity (Wildman–Crippen MR) is 85.5 cm³/mol. The number of fused-ring (bicyclic) bond motifs is 1. The largest absolute Gasteiger partial charge is 0.360 e. The molecule has 1 aromatic carbocycles. The van der Waals surface area contributed by atoms with E-state index in [0.29, 0.717) is 12.6 Å². The summed E-state index contributed by atoms with van der Waals surface area (Å²) in [5.41, 5.74) is 3.18. The van der Waals surface area contributed by atoms with Gasteiger partial charge in [-0.3, -0.25) is 0 Å². The van der Waals surface area contributed by atoms with E-state index >= 15 is 0 Å². The van der Waals surface area contributed by atoms with Gasteiger partial charge in [-0.1, -0.05) is 6.07 Å². The van der Waals surface area contributed by atoms with E-state index in [-0.39, 0.29) is 0 Å². The minimum Gasteiger partial charge on any atom is -0.360 e. The number of imidazole rings is 1. The van der Waals surface area contributed by atoms with Crippen LogP contribution in [0.5, 0.6) is 0 Å². The van der Waals surface area contributed by atoms with Crippen LogP contribution in [0.2, 0.25) is 0 Å². The molecule has 0 aliphatic heterocycles. The number of aromatic nitrogens is 2. The molecule has 2 aromatic rings. The van der Waals surface area contributed by atoms with Crippen LogP contribution in [0.15, 0.2) is 24.5 Å². The standard InChI is InChI=1S/C14H21ClN2OS/c1-19(2,3)7-6-18-11-17-10-16-13-5-4-12(9-15)8-14(13)17/h4-5,8,10H,6-7,9,11H2,1-3H3. The SMILES string of the molecule is CS(C)(C)CCOCn1cnc2ccc(CCl)cc21. The molecule has 0 aliphatic rings. The van der Waals surface area contributed by atoms with Crippen LogP contribution in [0.25, 0.3) is 11.0 Å². The van der Waals surface area contributed by atoms with E-state index in [1.807, 2.05) is 23.0 Å². The molecule has 0 aliphatic carbocycles. The van der Waals surface area contributed by atoms with Gasteiger partial charge in [0.1, 0.15) is 6.73 Å². The molecule has 106 valence electrons. The van der Waals surface area contributed by atoms with Crippen LogP contribution in [-0.2, 0) is 17.3 Å². The summed E-state index contributed by atoms with van der Waals surface area (Å²) in [7, 11) is -0.486. The number of hydrogen-bond acceptors (Lipinski definition) is 2. The van der Waals surface area contributed by atoms with Crippen molar-refractivity contribution in [2.24, 2.45) is 0 Å². The zero-order valence-corrected chi connectivity index (χ0v) is 13.3.